The molecule has 21 heavy (non-hydrogen) atoms. The van der Waals surface area contributed by atoms with Crippen LogP contribution < -0.4 is 0 Å². The number of carbonyl (C=O) groups is 1. The van der Waals surface area contributed by atoms with Gasteiger partial charge in [0, 0.05) is 33.3 Å². The quantitative estimate of drug-likeness (QED) is 0.720. The standard InChI is InChI=1S/C14H17BrClNO3S/c1-9-3-4-17(10(2)5-9)14(18)11-6-12(15)8-13(7-11)21(16,19)20/h6-10H,3-5H2,1-2H3. The first-order chi connectivity index (χ1) is 9.68. The Labute approximate surface area is 138 Å². The zero-order valence-electron chi connectivity index (χ0n) is 11.8. The van der Waals surface area contributed by atoms with Crippen molar-refractivity contribution >= 4 is 41.6 Å². The highest BCUT2D eigenvalue weighted by atomic mass is 79.9. The Kier molecular flexibility index (Phi) is 5.00. The molecule has 1 aromatic rings. The number of hydrogen-bond donors (Lipinski definition) is 0. The van der Waals surface area contributed by atoms with E-state index in [1.807, 2.05) is 6.92 Å². The molecule has 1 aliphatic heterocycles. The van der Waals surface area contributed by atoms with Gasteiger partial charge in [0.2, 0.25) is 0 Å². The van der Waals surface area contributed by atoms with Gasteiger partial charge in [0.05, 0.1) is 4.90 Å². The van der Waals surface area contributed by atoms with Crippen LogP contribution in [-0.2, 0) is 9.05 Å². The molecule has 1 aromatic carbocycles. The number of rotatable bonds is 2. The molecule has 0 bridgehead atoms. The van der Waals surface area contributed by atoms with E-state index in [1.54, 1.807) is 11.0 Å². The van der Waals surface area contributed by atoms with Gasteiger partial charge in [-0.2, -0.15) is 0 Å². The molecule has 1 aliphatic rings. The summed E-state index contributed by atoms with van der Waals surface area (Å²) in [6.07, 6.45) is 1.92. The van der Waals surface area contributed by atoms with Gasteiger partial charge in [0.1, 0.15) is 0 Å². The van der Waals surface area contributed by atoms with Crippen molar-refractivity contribution in [2.75, 3.05) is 6.54 Å². The number of hydrogen-bond acceptors (Lipinski definition) is 3. The number of amides is 1. The molecule has 116 valence electrons. The molecule has 4 nitrogen and oxygen atoms in total. The van der Waals surface area contributed by atoms with E-state index in [4.69, 9.17) is 10.7 Å². The van der Waals surface area contributed by atoms with Crippen molar-refractivity contribution in [1.82, 2.24) is 4.90 Å². The lowest BCUT2D eigenvalue weighted by atomic mass is 9.93. The highest BCUT2D eigenvalue weighted by molar-refractivity contribution is 9.10. The topological polar surface area (TPSA) is 54.5 Å². The first-order valence-electron chi connectivity index (χ1n) is 6.74. The zero-order valence-corrected chi connectivity index (χ0v) is 15.0. The van der Waals surface area contributed by atoms with Crippen molar-refractivity contribution in [3.05, 3.63) is 28.2 Å². The number of nitrogens with zero attached hydrogens (tertiary/aromatic N) is 1. The second-order valence-corrected chi connectivity index (χ2v) is 9.07. The SMILES string of the molecule is CC1CCN(C(=O)c2cc(Br)cc(S(=O)(=O)Cl)c2)C(C)C1. The summed E-state index contributed by atoms with van der Waals surface area (Å²) in [5.41, 5.74) is 0.338. The Hall–Kier alpha value is -0.590. The third-order valence-corrected chi connectivity index (χ3v) is 5.59. The molecule has 7 heteroatoms. The number of halogens is 2. The molecule has 1 fully saturated rings. The van der Waals surface area contributed by atoms with Gasteiger partial charge in [-0.25, -0.2) is 8.42 Å². The van der Waals surface area contributed by atoms with E-state index in [0.29, 0.717) is 22.5 Å². The highest BCUT2D eigenvalue weighted by Crippen LogP contribution is 2.27. The maximum Gasteiger partial charge on any atom is 0.261 e. The van der Waals surface area contributed by atoms with Crippen LogP contribution in [0.4, 0.5) is 0 Å². The number of carbonyl (C=O) groups excluding carboxylic acids is 1. The van der Waals surface area contributed by atoms with E-state index in [0.717, 1.165) is 12.8 Å². The summed E-state index contributed by atoms with van der Waals surface area (Å²) < 4.78 is 23.4. The predicted molar refractivity (Wildman–Crippen MR) is 86.1 cm³/mol. The van der Waals surface area contributed by atoms with Crippen molar-refractivity contribution in [3.63, 3.8) is 0 Å². The lowest BCUT2D eigenvalue weighted by Gasteiger charge is -2.36. The normalized spacial score (nSPS) is 23.1. The van der Waals surface area contributed by atoms with Crippen LogP contribution in [-0.4, -0.2) is 31.8 Å². The van der Waals surface area contributed by atoms with Gasteiger partial charge in [-0.15, -0.1) is 0 Å². The lowest BCUT2D eigenvalue weighted by molar-refractivity contribution is 0.0588. The van der Waals surface area contributed by atoms with Crippen molar-refractivity contribution in [2.24, 2.45) is 5.92 Å². The highest BCUT2D eigenvalue weighted by Gasteiger charge is 2.28. The van der Waals surface area contributed by atoms with E-state index in [9.17, 15) is 13.2 Å². The minimum Gasteiger partial charge on any atom is -0.336 e. The minimum atomic E-state index is -3.86. The lowest BCUT2D eigenvalue weighted by Crippen LogP contribution is -2.44. The van der Waals surface area contributed by atoms with E-state index in [2.05, 4.69) is 22.9 Å². The summed E-state index contributed by atoms with van der Waals surface area (Å²) in [7, 11) is 1.50. The van der Waals surface area contributed by atoms with E-state index in [-0.39, 0.29) is 16.8 Å². The second kappa shape index (κ2) is 6.26. The third kappa shape index (κ3) is 3.99. The Morgan fingerprint density at radius 2 is 2.00 bits per heavy atom. The van der Waals surface area contributed by atoms with E-state index >= 15 is 0 Å². The van der Waals surface area contributed by atoms with E-state index in [1.165, 1.54) is 12.1 Å². The Bertz CT molecular complexity index is 662. The maximum absolute atomic E-state index is 12.6. The fraction of sp³-hybridized carbons (Fsp3) is 0.500. The van der Waals surface area contributed by atoms with Crippen LogP contribution in [0.25, 0.3) is 0 Å². The van der Waals surface area contributed by atoms with Crippen molar-refractivity contribution in [3.8, 4) is 0 Å². The minimum absolute atomic E-state index is 0.0695. The predicted octanol–water partition coefficient (Wildman–Crippen LogP) is 3.64. The summed E-state index contributed by atoms with van der Waals surface area (Å²) in [6, 6.07) is 4.50. The molecular formula is C14H17BrClNO3S. The Morgan fingerprint density at radius 3 is 2.57 bits per heavy atom. The average Bonchev–Trinajstić information content (AvgIpc) is 2.36. The number of benzene rings is 1. The molecule has 2 atom stereocenters. The summed E-state index contributed by atoms with van der Waals surface area (Å²) in [5, 5.41) is 0. The number of piperidine rings is 1. The largest absolute Gasteiger partial charge is 0.336 e. The van der Waals surface area contributed by atoms with Gasteiger partial charge in [0.25, 0.3) is 15.0 Å². The number of likely N-dealkylation sites (tertiary alicyclic amines) is 1. The molecule has 0 radical (unpaired) electrons. The fourth-order valence-electron chi connectivity index (χ4n) is 2.70. The van der Waals surface area contributed by atoms with Crippen LogP contribution in [0.3, 0.4) is 0 Å². The summed E-state index contributed by atoms with van der Waals surface area (Å²) in [6.45, 7) is 4.89. The van der Waals surface area contributed by atoms with Gasteiger partial charge in [-0.3, -0.25) is 4.79 Å². The molecule has 0 spiro atoms. The second-order valence-electron chi connectivity index (χ2n) is 5.59. The molecule has 1 amide bonds. The average molecular weight is 395 g/mol. The van der Waals surface area contributed by atoms with Gasteiger partial charge in [0.15, 0.2) is 0 Å². The van der Waals surface area contributed by atoms with Crippen LogP contribution in [0, 0.1) is 5.92 Å². The van der Waals surface area contributed by atoms with Crippen LogP contribution in [0.5, 0.6) is 0 Å². The van der Waals surface area contributed by atoms with Gasteiger partial charge in [-0.05, 0) is 43.9 Å². The first-order valence-corrected chi connectivity index (χ1v) is 9.85. The Balaban J connectivity index is 2.33. The van der Waals surface area contributed by atoms with Gasteiger partial charge in [-0.1, -0.05) is 22.9 Å². The third-order valence-electron chi connectivity index (χ3n) is 3.80. The monoisotopic (exact) mass is 393 g/mol. The van der Waals surface area contributed by atoms with Crippen LogP contribution in [0.15, 0.2) is 27.6 Å². The molecule has 1 saturated heterocycles. The molecule has 0 aliphatic carbocycles. The maximum atomic E-state index is 12.6. The molecular weight excluding hydrogens is 378 g/mol. The fourth-order valence-corrected chi connectivity index (χ4v) is 4.15. The molecule has 2 rings (SSSR count). The summed E-state index contributed by atoms with van der Waals surface area (Å²) in [4.78, 5) is 14.3. The van der Waals surface area contributed by atoms with Crippen LogP contribution in [0.2, 0.25) is 0 Å². The van der Waals surface area contributed by atoms with Crippen LogP contribution >= 0.6 is 26.6 Å². The van der Waals surface area contributed by atoms with Gasteiger partial charge >= 0.3 is 0 Å². The Morgan fingerprint density at radius 1 is 1.33 bits per heavy atom. The molecule has 0 N–H and O–H groups in total. The molecule has 2 unspecified atom stereocenters. The molecule has 1 heterocycles. The van der Waals surface area contributed by atoms with Crippen molar-refractivity contribution in [2.45, 2.75) is 37.6 Å². The van der Waals surface area contributed by atoms with Gasteiger partial charge < -0.3 is 4.90 Å². The van der Waals surface area contributed by atoms with Crippen molar-refractivity contribution in [1.29, 1.82) is 0 Å². The molecule has 0 aromatic heterocycles. The smallest absolute Gasteiger partial charge is 0.261 e. The summed E-state index contributed by atoms with van der Waals surface area (Å²) >= 11 is 3.23. The van der Waals surface area contributed by atoms with E-state index < -0.39 is 9.05 Å². The zero-order chi connectivity index (χ0) is 15.8. The molecule has 0 saturated carbocycles. The first kappa shape index (κ1) is 16.8. The van der Waals surface area contributed by atoms with Crippen molar-refractivity contribution < 1.29 is 13.2 Å². The van der Waals surface area contributed by atoms with Crippen LogP contribution in [0.1, 0.15) is 37.0 Å². The summed E-state index contributed by atoms with van der Waals surface area (Å²) in [5.74, 6) is 0.447.